The van der Waals surface area contributed by atoms with Gasteiger partial charge in [0.1, 0.15) is 11.6 Å². The molecule has 0 radical (unpaired) electrons. The van der Waals surface area contributed by atoms with Crippen LogP contribution in [0.3, 0.4) is 0 Å². The summed E-state index contributed by atoms with van der Waals surface area (Å²) in [6.07, 6.45) is 5.65. The lowest BCUT2D eigenvalue weighted by Gasteiger charge is -2.27. The van der Waals surface area contributed by atoms with Gasteiger partial charge in [-0.1, -0.05) is 6.07 Å². The van der Waals surface area contributed by atoms with Crippen LogP contribution >= 0.6 is 0 Å². The van der Waals surface area contributed by atoms with E-state index in [-0.39, 0.29) is 6.04 Å². The molecule has 0 aliphatic carbocycles. The van der Waals surface area contributed by atoms with Crippen LogP contribution in [0.15, 0.2) is 30.6 Å². The van der Waals surface area contributed by atoms with Crippen LogP contribution in [0.1, 0.15) is 23.0 Å². The van der Waals surface area contributed by atoms with Crippen molar-refractivity contribution in [2.45, 2.75) is 18.9 Å². The van der Waals surface area contributed by atoms with E-state index in [0.29, 0.717) is 5.75 Å². The van der Waals surface area contributed by atoms with E-state index in [4.69, 9.17) is 0 Å². The fourth-order valence-electron chi connectivity index (χ4n) is 2.58. The van der Waals surface area contributed by atoms with Crippen LogP contribution in [-0.2, 0) is 19.9 Å². The molecule has 0 amide bonds. The van der Waals surface area contributed by atoms with Gasteiger partial charge < -0.3 is 15.0 Å². The molecule has 0 saturated carbocycles. The molecular formula is C14H17N3O. The molecule has 18 heavy (non-hydrogen) atoms. The van der Waals surface area contributed by atoms with Crippen LogP contribution in [0.5, 0.6) is 5.75 Å². The highest BCUT2D eigenvalue weighted by Gasteiger charge is 2.21. The number of imidazole rings is 1. The topological polar surface area (TPSA) is 50.1 Å². The fourth-order valence-corrected chi connectivity index (χ4v) is 2.58. The maximum absolute atomic E-state index is 9.64. The second kappa shape index (κ2) is 4.46. The molecule has 4 heteroatoms. The summed E-state index contributed by atoms with van der Waals surface area (Å²) in [6.45, 7) is 0.979. The Bertz CT molecular complexity index is 562. The number of nitrogens with one attached hydrogen (secondary N) is 1. The Morgan fingerprint density at radius 1 is 1.50 bits per heavy atom. The van der Waals surface area contributed by atoms with Crippen LogP contribution < -0.4 is 5.32 Å². The zero-order chi connectivity index (χ0) is 12.5. The second-order valence-electron chi connectivity index (χ2n) is 4.80. The molecule has 0 bridgehead atoms. The minimum atomic E-state index is 0.238. The third-order valence-corrected chi connectivity index (χ3v) is 3.60. The third-order valence-electron chi connectivity index (χ3n) is 3.60. The Balaban J connectivity index is 1.91. The number of fused-ring (bicyclic) bond motifs is 1. The fraction of sp³-hybridized carbons (Fsp3) is 0.357. The molecule has 1 unspecified atom stereocenters. The van der Waals surface area contributed by atoms with Crippen LogP contribution in [-0.4, -0.2) is 21.2 Å². The van der Waals surface area contributed by atoms with Gasteiger partial charge in [-0.25, -0.2) is 4.98 Å². The molecule has 2 heterocycles. The average Bonchev–Trinajstić information content (AvgIpc) is 2.76. The number of hydrogen-bond donors (Lipinski definition) is 2. The number of aromatic nitrogens is 2. The van der Waals surface area contributed by atoms with Crippen molar-refractivity contribution in [3.63, 3.8) is 0 Å². The molecule has 4 nitrogen and oxygen atoms in total. The maximum atomic E-state index is 9.64. The normalized spacial score (nSPS) is 18.6. The summed E-state index contributed by atoms with van der Waals surface area (Å²) < 4.78 is 2.04. The van der Waals surface area contributed by atoms with Crippen molar-refractivity contribution in [2.24, 2.45) is 7.05 Å². The van der Waals surface area contributed by atoms with E-state index >= 15 is 0 Å². The van der Waals surface area contributed by atoms with Crippen molar-refractivity contribution < 1.29 is 5.11 Å². The van der Waals surface area contributed by atoms with E-state index in [1.54, 1.807) is 6.07 Å². The van der Waals surface area contributed by atoms with Gasteiger partial charge in [0.25, 0.3) is 0 Å². The largest absolute Gasteiger partial charge is 0.508 e. The summed E-state index contributed by atoms with van der Waals surface area (Å²) >= 11 is 0. The summed E-state index contributed by atoms with van der Waals surface area (Å²) in [5.41, 5.74) is 2.52. The lowest BCUT2D eigenvalue weighted by molar-refractivity contribution is 0.460. The zero-order valence-electron chi connectivity index (χ0n) is 10.4. The Labute approximate surface area is 106 Å². The first-order chi connectivity index (χ1) is 8.74. The summed E-state index contributed by atoms with van der Waals surface area (Å²) in [5, 5.41) is 13.1. The number of nitrogens with zero attached hydrogens (tertiary/aromatic N) is 2. The van der Waals surface area contributed by atoms with Crippen molar-refractivity contribution in [2.75, 3.05) is 6.54 Å². The van der Waals surface area contributed by atoms with Gasteiger partial charge in [0, 0.05) is 31.9 Å². The van der Waals surface area contributed by atoms with Gasteiger partial charge in [0.15, 0.2) is 0 Å². The standard InChI is InChI=1S/C14H17N3O/c1-17-7-6-16-14(17)9-13-12-8-11(18)3-2-10(12)4-5-15-13/h2-3,6-8,13,15,18H,4-5,9H2,1H3. The van der Waals surface area contributed by atoms with Crippen LogP contribution in [0.2, 0.25) is 0 Å². The molecule has 1 aliphatic rings. The van der Waals surface area contributed by atoms with Gasteiger partial charge in [0.05, 0.1) is 0 Å². The molecule has 1 aromatic heterocycles. The number of rotatable bonds is 2. The highest BCUT2D eigenvalue weighted by Crippen LogP contribution is 2.28. The van der Waals surface area contributed by atoms with Crippen molar-refractivity contribution in [3.8, 4) is 5.75 Å². The zero-order valence-corrected chi connectivity index (χ0v) is 10.4. The number of phenols is 1. The first kappa shape index (κ1) is 11.3. The predicted molar refractivity (Wildman–Crippen MR) is 69.5 cm³/mol. The number of hydrogen-bond acceptors (Lipinski definition) is 3. The summed E-state index contributed by atoms with van der Waals surface area (Å²) in [5.74, 6) is 1.39. The molecular weight excluding hydrogens is 226 g/mol. The molecule has 1 aromatic carbocycles. The molecule has 0 saturated heterocycles. The van der Waals surface area contributed by atoms with Gasteiger partial charge in [-0.3, -0.25) is 0 Å². The first-order valence-electron chi connectivity index (χ1n) is 6.25. The van der Waals surface area contributed by atoms with Gasteiger partial charge in [0.2, 0.25) is 0 Å². The minimum Gasteiger partial charge on any atom is -0.508 e. The molecule has 1 aliphatic heterocycles. The van der Waals surface area contributed by atoms with Crippen molar-refractivity contribution in [3.05, 3.63) is 47.5 Å². The van der Waals surface area contributed by atoms with E-state index in [1.165, 1.54) is 11.1 Å². The first-order valence-corrected chi connectivity index (χ1v) is 6.25. The van der Waals surface area contributed by atoms with Crippen LogP contribution in [0, 0.1) is 0 Å². The highest BCUT2D eigenvalue weighted by molar-refractivity contribution is 5.39. The monoisotopic (exact) mass is 243 g/mol. The van der Waals surface area contributed by atoms with Crippen LogP contribution in [0.4, 0.5) is 0 Å². The Morgan fingerprint density at radius 3 is 3.17 bits per heavy atom. The summed E-state index contributed by atoms with van der Waals surface area (Å²) in [4.78, 5) is 4.37. The van der Waals surface area contributed by atoms with E-state index < -0.39 is 0 Å². The SMILES string of the molecule is Cn1ccnc1CC1NCCc2ccc(O)cc21. The Morgan fingerprint density at radius 2 is 2.39 bits per heavy atom. The smallest absolute Gasteiger partial charge is 0.115 e. The maximum Gasteiger partial charge on any atom is 0.115 e. The number of aromatic hydroxyl groups is 1. The number of phenolic OH excluding ortho intramolecular Hbond substituents is 1. The molecule has 94 valence electrons. The van der Waals surface area contributed by atoms with E-state index in [2.05, 4.69) is 10.3 Å². The molecule has 3 rings (SSSR count). The third kappa shape index (κ3) is 1.99. The van der Waals surface area contributed by atoms with E-state index in [0.717, 1.165) is 25.2 Å². The summed E-state index contributed by atoms with van der Waals surface area (Å²) in [6, 6.07) is 5.90. The molecule has 1 atom stereocenters. The Hall–Kier alpha value is -1.81. The van der Waals surface area contributed by atoms with Crippen molar-refractivity contribution in [1.82, 2.24) is 14.9 Å². The van der Waals surface area contributed by atoms with E-state index in [1.807, 2.05) is 36.1 Å². The van der Waals surface area contributed by atoms with Crippen LogP contribution in [0.25, 0.3) is 0 Å². The van der Waals surface area contributed by atoms with Crippen molar-refractivity contribution in [1.29, 1.82) is 0 Å². The molecule has 0 fully saturated rings. The van der Waals surface area contributed by atoms with Gasteiger partial charge in [-0.15, -0.1) is 0 Å². The quantitative estimate of drug-likeness (QED) is 0.841. The van der Waals surface area contributed by atoms with Crippen molar-refractivity contribution >= 4 is 0 Å². The minimum absolute atomic E-state index is 0.238. The number of benzene rings is 1. The molecule has 2 N–H and O–H groups in total. The lowest BCUT2D eigenvalue weighted by atomic mass is 9.92. The second-order valence-corrected chi connectivity index (χ2v) is 4.80. The molecule has 2 aromatic rings. The predicted octanol–water partition coefficient (Wildman–Crippen LogP) is 1.56. The van der Waals surface area contributed by atoms with Gasteiger partial charge in [-0.05, 0) is 36.2 Å². The lowest BCUT2D eigenvalue weighted by Crippen LogP contribution is -2.31. The summed E-state index contributed by atoms with van der Waals surface area (Å²) in [7, 11) is 2.01. The van der Waals surface area contributed by atoms with E-state index in [9.17, 15) is 5.11 Å². The van der Waals surface area contributed by atoms with Gasteiger partial charge >= 0.3 is 0 Å². The highest BCUT2D eigenvalue weighted by atomic mass is 16.3. The molecule has 0 spiro atoms. The van der Waals surface area contributed by atoms with Gasteiger partial charge in [-0.2, -0.15) is 0 Å². The average molecular weight is 243 g/mol. The number of aryl methyl sites for hydroxylation is 1. The Kier molecular flexibility index (Phi) is 2.80.